The van der Waals surface area contributed by atoms with Gasteiger partial charge in [0.25, 0.3) is 0 Å². The number of esters is 1. The van der Waals surface area contributed by atoms with Crippen LogP contribution in [0, 0.1) is 23.7 Å². The van der Waals surface area contributed by atoms with Crippen molar-refractivity contribution < 1.29 is 35.1 Å². The zero-order valence-electron chi connectivity index (χ0n) is 18.1. The summed E-state index contributed by atoms with van der Waals surface area (Å²) < 4.78 is 5.58. The maximum Gasteiger partial charge on any atom is 0.343 e. The van der Waals surface area contributed by atoms with Crippen molar-refractivity contribution in [3.05, 3.63) is 33.9 Å². The number of hydrogen-bond acceptors (Lipinski definition) is 7. The van der Waals surface area contributed by atoms with Crippen LogP contribution in [0.5, 0.6) is 11.5 Å². The first-order valence-corrected chi connectivity index (χ1v) is 10.8. The first-order chi connectivity index (χ1) is 14.2. The zero-order valence-corrected chi connectivity index (χ0v) is 18.8. The molecular weight excluding hydrogens is 424 g/mol. The lowest BCUT2D eigenvalue weighted by Crippen LogP contribution is -2.75. The summed E-state index contributed by atoms with van der Waals surface area (Å²) in [5.74, 6) is -1.98. The van der Waals surface area contributed by atoms with E-state index >= 15 is 0 Å². The van der Waals surface area contributed by atoms with E-state index in [-0.39, 0.29) is 45.2 Å². The highest BCUT2D eigenvalue weighted by Gasteiger charge is 2.75. The fourth-order valence-electron chi connectivity index (χ4n) is 6.34. The Hall–Kier alpha value is -1.80. The van der Waals surface area contributed by atoms with Gasteiger partial charge in [-0.25, -0.2) is 4.79 Å². The number of aromatic hydroxyl groups is 2. The van der Waals surface area contributed by atoms with Crippen molar-refractivity contribution >= 4 is 17.6 Å². The molecule has 7 nitrogen and oxygen atoms in total. The molecule has 2 fully saturated rings. The second kappa shape index (κ2) is 6.61. The van der Waals surface area contributed by atoms with Crippen molar-refractivity contribution in [1.29, 1.82) is 0 Å². The number of hydrogen-bond donors (Lipinski definition) is 5. The highest BCUT2D eigenvalue weighted by atomic mass is 35.5. The Kier molecular flexibility index (Phi) is 4.77. The minimum atomic E-state index is -1.65. The van der Waals surface area contributed by atoms with Crippen LogP contribution in [-0.2, 0) is 4.74 Å². The van der Waals surface area contributed by atoms with Crippen molar-refractivity contribution in [2.24, 2.45) is 16.7 Å². The summed E-state index contributed by atoms with van der Waals surface area (Å²) in [5.41, 5.74) is -3.59. The van der Waals surface area contributed by atoms with Crippen LogP contribution in [-0.4, -0.2) is 55.4 Å². The quantitative estimate of drug-likeness (QED) is 0.352. The number of benzene rings is 1. The maximum atomic E-state index is 12.9. The number of ether oxygens (including phenoxy) is 1. The third kappa shape index (κ3) is 2.86. The van der Waals surface area contributed by atoms with E-state index in [2.05, 4.69) is 13.8 Å². The molecule has 31 heavy (non-hydrogen) atoms. The molecule has 8 heteroatoms. The molecular formula is C23H29ClO7. The van der Waals surface area contributed by atoms with Crippen LogP contribution < -0.4 is 0 Å². The molecule has 0 aromatic heterocycles. The van der Waals surface area contributed by atoms with Crippen LogP contribution in [0.25, 0.3) is 0 Å². The number of carbonyl (C=O) groups is 1. The van der Waals surface area contributed by atoms with Gasteiger partial charge in [-0.05, 0) is 43.3 Å². The monoisotopic (exact) mass is 452 g/mol. The second-order valence-corrected chi connectivity index (χ2v) is 10.8. The average molecular weight is 453 g/mol. The van der Waals surface area contributed by atoms with Gasteiger partial charge in [-0.15, -0.1) is 0 Å². The van der Waals surface area contributed by atoms with E-state index in [1.807, 2.05) is 6.92 Å². The highest BCUT2D eigenvalue weighted by molar-refractivity contribution is 6.35. The Morgan fingerprint density at radius 2 is 1.84 bits per heavy atom. The first-order valence-electron chi connectivity index (χ1n) is 10.4. The molecule has 0 unspecified atom stereocenters. The number of phenolic OH excluding ortho intramolecular Hbond substituents is 2. The van der Waals surface area contributed by atoms with Crippen molar-refractivity contribution in [1.82, 2.24) is 0 Å². The van der Waals surface area contributed by atoms with E-state index in [1.165, 1.54) is 6.92 Å². The fraction of sp³-hybridized carbons (Fsp3) is 0.609. The van der Waals surface area contributed by atoms with Gasteiger partial charge in [-0.1, -0.05) is 32.4 Å². The van der Waals surface area contributed by atoms with E-state index in [9.17, 15) is 30.3 Å². The molecule has 0 spiro atoms. The Labute approximate surface area is 185 Å². The summed E-state index contributed by atoms with van der Waals surface area (Å²) in [6.45, 7) is 6.99. The molecule has 2 saturated carbocycles. The van der Waals surface area contributed by atoms with Gasteiger partial charge < -0.3 is 30.3 Å². The molecule has 0 radical (unpaired) electrons. The lowest BCUT2D eigenvalue weighted by Gasteiger charge is -2.66. The molecule has 0 amide bonds. The number of carbonyl (C=O) groups excluding carboxylic acids is 1. The van der Waals surface area contributed by atoms with E-state index in [4.69, 9.17) is 16.3 Å². The van der Waals surface area contributed by atoms with E-state index in [0.29, 0.717) is 12.8 Å². The van der Waals surface area contributed by atoms with Gasteiger partial charge in [0.1, 0.15) is 28.8 Å². The van der Waals surface area contributed by atoms with Gasteiger partial charge >= 0.3 is 5.97 Å². The molecule has 170 valence electrons. The summed E-state index contributed by atoms with van der Waals surface area (Å²) >= 11 is 6.15. The Balaban J connectivity index is 1.69. The summed E-state index contributed by atoms with van der Waals surface area (Å²) in [4.78, 5) is 12.9. The third-order valence-corrected chi connectivity index (χ3v) is 8.31. The van der Waals surface area contributed by atoms with Crippen LogP contribution in [0.3, 0.4) is 0 Å². The van der Waals surface area contributed by atoms with Gasteiger partial charge in [0.15, 0.2) is 0 Å². The topological polar surface area (TPSA) is 127 Å². The lowest BCUT2D eigenvalue weighted by molar-refractivity contribution is -0.264. The Morgan fingerprint density at radius 3 is 2.45 bits per heavy atom. The summed E-state index contributed by atoms with van der Waals surface area (Å²) in [6, 6.07) is 1.01. The molecule has 5 atom stereocenters. The van der Waals surface area contributed by atoms with Crippen LogP contribution in [0.1, 0.15) is 56.0 Å². The number of aliphatic hydroxyl groups excluding tert-OH is 1. The predicted octanol–water partition coefficient (Wildman–Crippen LogP) is 2.83. The molecule has 4 rings (SSSR count). The molecule has 1 aromatic carbocycles. The molecule has 0 bridgehead atoms. The molecule has 3 aliphatic carbocycles. The summed E-state index contributed by atoms with van der Waals surface area (Å²) in [7, 11) is 0. The number of phenols is 2. The van der Waals surface area contributed by atoms with Gasteiger partial charge in [0.05, 0.1) is 17.2 Å². The lowest BCUT2D eigenvalue weighted by atomic mass is 9.43. The molecule has 3 aliphatic rings. The van der Waals surface area contributed by atoms with E-state index in [1.54, 1.807) is 6.08 Å². The minimum absolute atomic E-state index is 0.134. The van der Waals surface area contributed by atoms with Crippen LogP contribution in [0.2, 0.25) is 5.02 Å². The number of rotatable bonds is 3. The normalized spacial score (nSPS) is 38.0. The second-order valence-electron chi connectivity index (χ2n) is 10.4. The summed E-state index contributed by atoms with van der Waals surface area (Å²) in [5, 5.41) is 52.9. The van der Waals surface area contributed by atoms with Crippen LogP contribution >= 0.6 is 11.6 Å². The van der Waals surface area contributed by atoms with Crippen LogP contribution in [0.15, 0.2) is 17.7 Å². The van der Waals surface area contributed by atoms with Gasteiger partial charge in [0.2, 0.25) is 0 Å². The van der Waals surface area contributed by atoms with Crippen molar-refractivity contribution in [2.45, 2.75) is 64.3 Å². The largest absolute Gasteiger partial charge is 0.507 e. The van der Waals surface area contributed by atoms with Crippen molar-refractivity contribution in [3.8, 4) is 11.5 Å². The number of fused-ring (bicyclic) bond motifs is 3. The molecule has 5 N–H and O–H groups in total. The van der Waals surface area contributed by atoms with Gasteiger partial charge in [0, 0.05) is 23.0 Å². The first kappa shape index (κ1) is 22.4. The average Bonchev–Trinajstić information content (AvgIpc) is 2.92. The Bertz CT molecular complexity index is 1000. The van der Waals surface area contributed by atoms with Crippen LogP contribution in [0.4, 0.5) is 0 Å². The standard InChI is InChI=1S/C23H29ClO7/c1-11-13(26)5-14(27)17(18(11)24)19(28)31-16-8-21(4)15-7-20(2,3)10-22(15,29)6-12(9-25)23(16,21)30/h5-6,15-16,25-27,29-30H,7-10H2,1-4H3/t15-,16-,21-,22+,23+/m1/s1. The Morgan fingerprint density at radius 1 is 1.19 bits per heavy atom. The summed E-state index contributed by atoms with van der Waals surface area (Å²) in [6.07, 6.45) is 2.04. The minimum Gasteiger partial charge on any atom is -0.507 e. The van der Waals surface area contributed by atoms with Gasteiger partial charge in [-0.3, -0.25) is 0 Å². The van der Waals surface area contributed by atoms with Crippen molar-refractivity contribution in [2.75, 3.05) is 6.61 Å². The molecule has 0 heterocycles. The number of aliphatic hydroxyl groups is 3. The maximum absolute atomic E-state index is 12.9. The highest BCUT2D eigenvalue weighted by Crippen LogP contribution is 2.69. The fourth-order valence-corrected chi connectivity index (χ4v) is 6.61. The molecule has 0 saturated heterocycles. The van der Waals surface area contributed by atoms with E-state index < -0.39 is 41.0 Å². The predicted molar refractivity (Wildman–Crippen MR) is 113 cm³/mol. The van der Waals surface area contributed by atoms with Gasteiger partial charge in [-0.2, -0.15) is 0 Å². The van der Waals surface area contributed by atoms with Crippen molar-refractivity contribution in [3.63, 3.8) is 0 Å². The molecule has 1 aromatic rings. The zero-order chi connectivity index (χ0) is 23.1. The smallest absolute Gasteiger partial charge is 0.343 e. The SMILES string of the molecule is Cc1c(O)cc(O)c(C(=O)O[C@@H]2C[C@]3(C)[C@H]4CC(C)(C)C[C@@]4(O)C=C(CO)[C@]23O)c1Cl. The third-order valence-electron chi connectivity index (χ3n) is 7.84. The van der Waals surface area contributed by atoms with E-state index in [0.717, 1.165) is 6.07 Å². The molecule has 0 aliphatic heterocycles. The number of halogens is 1.